The number of ether oxygens (including phenoxy) is 1. The van der Waals surface area contributed by atoms with Crippen LogP contribution >= 0.6 is 0 Å². The number of hydrogen-bond donors (Lipinski definition) is 3. The van der Waals surface area contributed by atoms with Gasteiger partial charge in [0.25, 0.3) is 11.8 Å². The molecule has 0 aromatic heterocycles. The fourth-order valence-electron chi connectivity index (χ4n) is 2.54. The number of hydrogen-bond acceptors (Lipinski definition) is 4. The van der Waals surface area contributed by atoms with E-state index >= 15 is 0 Å². The molecule has 0 spiro atoms. The first-order valence-electron chi connectivity index (χ1n) is 8.74. The third-order valence-electron chi connectivity index (χ3n) is 3.95. The highest BCUT2D eigenvalue weighted by molar-refractivity contribution is 6.10. The predicted octanol–water partition coefficient (Wildman–Crippen LogP) is 3.65. The van der Waals surface area contributed by atoms with Crippen LogP contribution in [0.4, 0.5) is 11.4 Å². The van der Waals surface area contributed by atoms with Crippen molar-refractivity contribution in [1.29, 1.82) is 0 Å². The van der Waals surface area contributed by atoms with Crippen LogP contribution in [0, 0.1) is 0 Å². The molecule has 7 nitrogen and oxygen atoms in total. The van der Waals surface area contributed by atoms with Gasteiger partial charge in [-0.15, -0.1) is 0 Å². The Hall–Kier alpha value is -4.13. The first kappa shape index (κ1) is 19.6. The molecule has 0 unspecified atom stereocenters. The molecule has 0 fully saturated rings. The molecule has 0 radical (unpaired) electrons. The van der Waals surface area contributed by atoms with Crippen molar-refractivity contribution >= 4 is 29.2 Å². The minimum Gasteiger partial charge on any atom is -0.484 e. The Bertz CT molecular complexity index is 1020. The van der Waals surface area contributed by atoms with E-state index in [1.165, 1.54) is 24.3 Å². The first-order valence-corrected chi connectivity index (χ1v) is 8.74. The summed E-state index contributed by atoms with van der Waals surface area (Å²) >= 11 is 0. The monoisotopic (exact) mass is 390 g/mol. The summed E-state index contributed by atoms with van der Waals surface area (Å²) in [5.74, 6) is -1.32. The zero-order valence-electron chi connectivity index (χ0n) is 15.3. The number of carboxylic acid groups (broad SMARTS) is 1. The van der Waals surface area contributed by atoms with Crippen LogP contribution in [0.3, 0.4) is 0 Å². The maximum Gasteiger partial charge on any atom is 0.335 e. The number of carbonyl (C=O) groups is 3. The van der Waals surface area contributed by atoms with Gasteiger partial charge < -0.3 is 20.5 Å². The maximum absolute atomic E-state index is 12.6. The number of para-hydroxylation sites is 2. The average Bonchev–Trinajstić information content (AvgIpc) is 2.74. The Balaban J connectivity index is 1.65. The lowest BCUT2D eigenvalue weighted by Gasteiger charge is -2.12. The second-order valence-corrected chi connectivity index (χ2v) is 6.03. The second kappa shape index (κ2) is 9.18. The highest BCUT2D eigenvalue weighted by Crippen LogP contribution is 2.18. The van der Waals surface area contributed by atoms with Gasteiger partial charge in [0, 0.05) is 5.69 Å². The Morgan fingerprint density at radius 2 is 1.45 bits per heavy atom. The van der Waals surface area contributed by atoms with E-state index in [4.69, 9.17) is 9.84 Å². The number of rotatable bonds is 7. The first-order chi connectivity index (χ1) is 14.0. The Morgan fingerprint density at radius 3 is 2.14 bits per heavy atom. The van der Waals surface area contributed by atoms with Crippen molar-refractivity contribution < 1.29 is 24.2 Å². The number of anilines is 2. The van der Waals surface area contributed by atoms with Gasteiger partial charge in [-0.1, -0.05) is 30.3 Å². The maximum atomic E-state index is 12.6. The number of carboxylic acids is 1. The van der Waals surface area contributed by atoms with Crippen LogP contribution in [0.15, 0.2) is 78.9 Å². The normalized spacial score (nSPS) is 10.1. The van der Waals surface area contributed by atoms with Crippen LogP contribution in [-0.4, -0.2) is 29.5 Å². The minimum absolute atomic E-state index is 0.120. The van der Waals surface area contributed by atoms with Crippen molar-refractivity contribution in [3.8, 4) is 5.75 Å². The van der Waals surface area contributed by atoms with Crippen molar-refractivity contribution in [2.24, 2.45) is 0 Å². The lowest BCUT2D eigenvalue weighted by Crippen LogP contribution is -2.22. The van der Waals surface area contributed by atoms with Crippen molar-refractivity contribution in [3.63, 3.8) is 0 Å². The fourth-order valence-corrected chi connectivity index (χ4v) is 2.54. The quantitative estimate of drug-likeness (QED) is 0.571. The zero-order valence-corrected chi connectivity index (χ0v) is 15.3. The molecule has 0 saturated carbocycles. The molecule has 29 heavy (non-hydrogen) atoms. The molecule has 2 amide bonds. The van der Waals surface area contributed by atoms with Crippen LogP contribution in [0.1, 0.15) is 20.7 Å². The molecule has 0 bridgehead atoms. The lowest BCUT2D eigenvalue weighted by atomic mass is 10.1. The third kappa shape index (κ3) is 5.43. The summed E-state index contributed by atoms with van der Waals surface area (Å²) in [4.78, 5) is 35.7. The van der Waals surface area contributed by atoms with Gasteiger partial charge in [0.1, 0.15) is 5.75 Å². The molecule has 3 aromatic carbocycles. The number of amides is 2. The Kier molecular flexibility index (Phi) is 6.22. The van der Waals surface area contributed by atoms with Crippen molar-refractivity contribution in [3.05, 3.63) is 90.0 Å². The lowest BCUT2D eigenvalue weighted by molar-refractivity contribution is -0.118. The molecule has 0 atom stereocenters. The molecule has 0 aliphatic heterocycles. The van der Waals surface area contributed by atoms with Gasteiger partial charge in [-0.3, -0.25) is 9.59 Å². The smallest absolute Gasteiger partial charge is 0.335 e. The van der Waals surface area contributed by atoms with Gasteiger partial charge in [0.2, 0.25) is 0 Å². The van der Waals surface area contributed by atoms with Gasteiger partial charge in [-0.05, 0) is 48.5 Å². The largest absolute Gasteiger partial charge is 0.484 e. The topological polar surface area (TPSA) is 105 Å². The fraction of sp³-hybridized carbons (Fsp3) is 0.0455. The third-order valence-corrected chi connectivity index (χ3v) is 3.95. The molecule has 3 N–H and O–H groups in total. The molecular formula is C22H18N2O5. The Labute approximate surface area is 166 Å². The van der Waals surface area contributed by atoms with Crippen LogP contribution in [-0.2, 0) is 4.79 Å². The molecule has 3 aromatic rings. The van der Waals surface area contributed by atoms with E-state index in [1.807, 2.05) is 6.07 Å². The van der Waals surface area contributed by atoms with Gasteiger partial charge in [0.05, 0.1) is 16.8 Å². The summed E-state index contributed by atoms with van der Waals surface area (Å²) in [7, 11) is 0. The van der Waals surface area contributed by atoms with Gasteiger partial charge in [-0.2, -0.15) is 0 Å². The highest BCUT2D eigenvalue weighted by atomic mass is 16.5. The van der Waals surface area contributed by atoms with Crippen LogP contribution in [0.5, 0.6) is 5.75 Å². The summed E-state index contributed by atoms with van der Waals surface area (Å²) in [6, 6.07) is 21.3. The minimum atomic E-state index is -1.05. The molecular weight excluding hydrogens is 372 g/mol. The zero-order chi connectivity index (χ0) is 20.6. The summed E-state index contributed by atoms with van der Waals surface area (Å²) in [5.41, 5.74) is 1.17. The predicted molar refractivity (Wildman–Crippen MR) is 108 cm³/mol. The van der Waals surface area contributed by atoms with E-state index < -0.39 is 17.8 Å². The van der Waals surface area contributed by atoms with E-state index in [-0.39, 0.29) is 17.7 Å². The number of carbonyl (C=O) groups excluding carboxylic acids is 2. The van der Waals surface area contributed by atoms with Crippen LogP contribution in [0.2, 0.25) is 0 Å². The molecule has 0 aliphatic rings. The molecule has 0 saturated heterocycles. The number of benzene rings is 3. The summed E-state index contributed by atoms with van der Waals surface area (Å²) in [6.45, 7) is -0.198. The second-order valence-electron chi connectivity index (χ2n) is 6.03. The summed E-state index contributed by atoms with van der Waals surface area (Å²) in [5, 5.41) is 14.3. The molecule has 146 valence electrons. The Morgan fingerprint density at radius 1 is 0.793 bits per heavy atom. The molecule has 3 rings (SSSR count). The van der Waals surface area contributed by atoms with E-state index in [0.29, 0.717) is 17.1 Å². The molecule has 7 heteroatoms. The van der Waals surface area contributed by atoms with Gasteiger partial charge in [-0.25, -0.2) is 4.79 Å². The number of nitrogens with one attached hydrogen (secondary N) is 2. The average molecular weight is 390 g/mol. The van der Waals surface area contributed by atoms with E-state index in [9.17, 15) is 14.4 Å². The van der Waals surface area contributed by atoms with Crippen molar-refractivity contribution in [2.75, 3.05) is 17.2 Å². The summed E-state index contributed by atoms with van der Waals surface area (Å²) < 4.78 is 5.41. The van der Waals surface area contributed by atoms with Crippen LogP contribution in [0.25, 0.3) is 0 Å². The molecule has 0 aliphatic carbocycles. The van der Waals surface area contributed by atoms with E-state index in [1.54, 1.807) is 48.5 Å². The SMILES string of the molecule is O=C(COc1ccccc1)Nc1ccccc1C(=O)Nc1ccc(C(=O)O)cc1. The number of aromatic carboxylic acids is 1. The highest BCUT2D eigenvalue weighted by Gasteiger charge is 2.14. The van der Waals surface area contributed by atoms with Gasteiger partial charge in [0.15, 0.2) is 6.61 Å². The summed E-state index contributed by atoms with van der Waals surface area (Å²) in [6.07, 6.45) is 0. The van der Waals surface area contributed by atoms with Crippen molar-refractivity contribution in [2.45, 2.75) is 0 Å². The van der Waals surface area contributed by atoms with Gasteiger partial charge >= 0.3 is 5.97 Å². The van der Waals surface area contributed by atoms with E-state index in [2.05, 4.69) is 10.6 Å². The standard InChI is InChI=1S/C22H18N2O5/c25-20(14-29-17-6-2-1-3-7-17)24-19-9-5-4-8-18(19)21(26)23-16-12-10-15(11-13-16)22(27)28/h1-13H,14H2,(H,23,26)(H,24,25)(H,27,28). The van der Waals surface area contributed by atoms with Crippen molar-refractivity contribution in [1.82, 2.24) is 0 Å². The molecule has 0 heterocycles. The van der Waals surface area contributed by atoms with E-state index in [0.717, 1.165) is 0 Å². The van der Waals surface area contributed by atoms with Crippen LogP contribution < -0.4 is 15.4 Å².